The van der Waals surface area contributed by atoms with Gasteiger partial charge in [0.25, 0.3) is 6.43 Å². The summed E-state index contributed by atoms with van der Waals surface area (Å²) in [5, 5.41) is 0. The molecule has 0 aliphatic carbocycles. The number of ether oxygens (including phenoxy) is 2. The molecule has 0 spiro atoms. The van der Waals surface area contributed by atoms with Gasteiger partial charge in [0, 0.05) is 36.0 Å². The van der Waals surface area contributed by atoms with Crippen LogP contribution in [0.1, 0.15) is 24.5 Å². The molecule has 1 fully saturated rings. The topological polar surface area (TPSA) is 35.8 Å². The van der Waals surface area contributed by atoms with Crippen molar-refractivity contribution in [3.05, 3.63) is 28.6 Å². The number of imidazole rings is 1. The highest BCUT2D eigenvalue weighted by atomic mass is 79.9. The predicted octanol–water partition coefficient (Wildman–Crippen LogP) is 3.63. The summed E-state index contributed by atoms with van der Waals surface area (Å²) in [7, 11) is 0. The maximum atomic E-state index is 12.3. The van der Waals surface area contributed by atoms with E-state index in [2.05, 4.69) is 20.9 Å². The van der Waals surface area contributed by atoms with Crippen molar-refractivity contribution in [2.75, 3.05) is 19.8 Å². The molecule has 1 saturated heterocycles. The first-order valence-corrected chi connectivity index (χ1v) is 7.59. The highest BCUT2D eigenvalue weighted by Gasteiger charge is 2.20. The van der Waals surface area contributed by atoms with E-state index >= 15 is 0 Å². The van der Waals surface area contributed by atoms with Crippen LogP contribution in [0.5, 0.6) is 5.75 Å². The molecule has 21 heavy (non-hydrogen) atoms. The number of rotatable bonds is 4. The highest BCUT2D eigenvalue weighted by molar-refractivity contribution is 9.10. The second-order valence-electron chi connectivity index (χ2n) is 5.01. The van der Waals surface area contributed by atoms with Crippen LogP contribution >= 0.6 is 15.9 Å². The number of fused-ring (bicyclic) bond motifs is 1. The Labute approximate surface area is 129 Å². The summed E-state index contributed by atoms with van der Waals surface area (Å²) in [5.41, 5.74) is 1.53. The Morgan fingerprint density at radius 2 is 2.14 bits per heavy atom. The minimum Gasteiger partial charge on any atom is -0.484 e. The molecular weight excluding hydrogens is 346 g/mol. The maximum absolute atomic E-state index is 12.3. The zero-order chi connectivity index (χ0) is 14.8. The average Bonchev–Trinajstić information content (AvgIpc) is 2.89. The normalized spacial score (nSPS) is 16.8. The lowest BCUT2D eigenvalue weighted by atomic mass is 9.97. The first kappa shape index (κ1) is 14.7. The van der Waals surface area contributed by atoms with E-state index < -0.39 is 13.0 Å². The number of hydrogen-bond acceptors (Lipinski definition) is 3. The van der Waals surface area contributed by atoms with Gasteiger partial charge >= 0.3 is 0 Å². The summed E-state index contributed by atoms with van der Waals surface area (Å²) >= 11 is 3.36. The van der Waals surface area contributed by atoms with Gasteiger partial charge in [0.05, 0.1) is 5.69 Å². The Kier molecular flexibility index (Phi) is 4.40. The molecule has 0 N–H and O–H groups in total. The van der Waals surface area contributed by atoms with Gasteiger partial charge in [-0.25, -0.2) is 13.8 Å². The summed E-state index contributed by atoms with van der Waals surface area (Å²) in [5.74, 6) is 0.711. The minimum absolute atomic E-state index is 0.348. The van der Waals surface area contributed by atoms with Gasteiger partial charge in [-0.05, 0) is 34.8 Å². The lowest BCUT2D eigenvalue weighted by molar-refractivity contribution is 0.0822. The summed E-state index contributed by atoms with van der Waals surface area (Å²) < 4.78 is 37.8. The zero-order valence-electron chi connectivity index (χ0n) is 11.3. The largest absolute Gasteiger partial charge is 0.484 e. The molecule has 0 atom stereocenters. The van der Waals surface area contributed by atoms with Crippen LogP contribution in [0.15, 0.2) is 22.9 Å². The van der Waals surface area contributed by atoms with Gasteiger partial charge in [0.15, 0.2) is 11.4 Å². The van der Waals surface area contributed by atoms with Crippen molar-refractivity contribution < 1.29 is 18.3 Å². The number of pyridine rings is 1. The van der Waals surface area contributed by atoms with Gasteiger partial charge in [-0.3, -0.25) is 0 Å². The van der Waals surface area contributed by atoms with E-state index in [4.69, 9.17) is 9.47 Å². The molecule has 0 bridgehead atoms. The number of hydrogen-bond donors (Lipinski definition) is 0. The predicted molar refractivity (Wildman–Crippen MR) is 77.2 cm³/mol. The van der Waals surface area contributed by atoms with E-state index in [0.29, 0.717) is 17.3 Å². The Hall–Kier alpha value is -1.21. The van der Waals surface area contributed by atoms with Crippen molar-refractivity contribution in [2.45, 2.75) is 25.2 Å². The Morgan fingerprint density at radius 3 is 2.86 bits per heavy atom. The number of alkyl halides is 2. The standard InChI is InChI=1S/C14H15BrF2N2O2/c15-10-5-12(21-8-13(16)17)14-18-11(7-19(14)6-10)9-1-3-20-4-2-9/h5-7,9,13H,1-4,8H2. The molecule has 0 unspecified atom stereocenters. The highest BCUT2D eigenvalue weighted by Crippen LogP contribution is 2.30. The van der Waals surface area contributed by atoms with Gasteiger partial charge < -0.3 is 13.9 Å². The van der Waals surface area contributed by atoms with Crippen molar-refractivity contribution in [2.24, 2.45) is 0 Å². The van der Waals surface area contributed by atoms with Crippen molar-refractivity contribution in [3.63, 3.8) is 0 Å². The third kappa shape index (κ3) is 3.35. The van der Waals surface area contributed by atoms with E-state index in [1.54, 1.807) is 6.07 Å². The molecule has 2 aromatic rings. The molecular formula is C14H15BrF2N2O2. The number of aromatic nitrogens is 2. The Balaban J connectivity index is 1.93. The minimum atomic E-state index is -2.51. The maximum Gasteiger partial charge on any atom is 0.272 e. The quantitative estimate of drug-likeness (QED) is 0.834. The van der Waals surface area contributed by atoms with E-state index in [-0.39, 0.29) is 0 Å². The van der Waals surface area contributed by atoms with Crippen LogP contribution < -0.4 is 4.74 Å². The summed E-state index contributed by atoms with van der Waals surface area (Å²) in [4.78, 5) is 4.57. The fraction of sp³-hybridized carbons (Fsp3) is 0.500. The molecule has 0 aromatic carbocycles. The first-order chi connectivity index (χ1) is 10.1. The lowest BCUT2D eigenvalue weighted by Crippen LogP contribution is -2.14. The van der Waals surface area contributed by atoms with Crippen LogP contribution in [0.3, 0.4) is 0 Å². The molecule has 1 aliphatic heterocycles. The van der Waals surface area contributed by atoms with Crippen molar-refractivity contribution in [3.8, 4) is 5.75 Å². The molecule has 0 saturated carbocycles. The Bertz CT molecular complexity index is 627. The molecule has 1 aliphatic rings. The molecule has 114 valence electrons. The van der Waals surface area contributed by atoms with E-state index in [0.717, 1.165) is 36.2 Å². The van der Waals surface area contributed by atoms with Crippen LogP contribution in [0, 0.1) is 0 Å². The molecule has 7 heteroatoms. The Morgan fingerprint density at radius 1 is 1.38 bits per heavy atom. The van der Waals surface area contributed by atoms with Gasteiger partial charge in [0.1, 0.15) is 6.61 Å². The van der Waals surface area contributed by atoms with Crippen LogP contribution in [0.4, 0.5) is 8.78 Å². The second kappa shape index (κ2) is 6.27. The fourth-order valence-electron chi connectivity index (χ4n) is 2.50. The number of nitrogens with zero attached hydrogens (tertiary/aromatic N) is 2. The molecule has 3 rings (SSSR count). The summed E-state index contributed by atoms with van der Waals surface area (Å²) in [6.45, 7) is 0.833. The second-order valence-corrected chi connectivity index (χ2v) is 5.92. The van der Waals surface area contributed by atoms with E-state index in [1.807, 2.05) is 16.8 Å². The van der Waals surface area contributed by atoms with E-state index in [1.165, 1.54) is 0 Å². The molecule has 4 nitrogen and oxygen atoms in total. The molecule has 0 amide bonds. The monoisotopic (exact) mass is 360 g/mol. The molecule has 3 heterocycles. The van der Waals surface area contributed by atoms with Gasteiger partial charge in [-0.15, -0.1) is 0 Å². The summed E-state index contributed by atoms with van der Waals surface area (Å²) in [6, 6.07) is 1.67. The fourth-order valence-corrected chi connectivity index (χ4v) is 2.93. The summed E-state index contributed by atoms with van der Waals surface area (Å²) in [6.07, 6.45) is 3.14. The van der Waals surface area contributed by atoms with Gasteiger partial charge in [-0.1, -0.05) is 0 Å². The number of halogens is 3. The third-order valence-corrected chi connectivity index (χ3v) is 3.94. The van der Waals surface area contributed by atoms with Crippen LogP contribution in [0.2, 0.25) is 0 Å². The third-order valence-electron chi connectivity index (χ3n) is 3.51. The lowest BCUT2D eigenvalue weighted by Gasteiger charge is -2.19. The smallest absolute Gasteiger partial charge is 0.272 e. The molecule has 0 radical (unpaired) electrons. The van der Waals surface area contributed by atoms with Crippen molar-refractivity contribution >= 4 is 21.6 Å². The van der Waals surface area contributed by atoms with Gasteiger partial charge in [0.2, 0.25) is 0 Å². The van der Waals surface area contributed by atoms with E-state index in [9.17, 15) is 8.78 Å². The van der Waals surface area contributed by atoms with Crippen molar-refractivity contribution in [1.29, 1.82) is 0 Å². The molecule has 2 aromatic heterocycles. The van der Waals surface area contributed by atoms with Crippen molar-refractivity contribution in [1.82, 2.24) is 9.38 Å². The van der Waals surface area contributed by atoms with Gasteiger partial charge in [-0.2, -0.15) is 0 Å². The first-order valence-electron chi connectivity index (χ1n) is 6.80. The van der Waals surface area contributed by atoms with Crippen LogP contribution in [-0.4, -0.2) is 35.6 Å². The average molecular weight is 361 g/mol. The zero-order valence-corrected chi connectivity index (χ0v) is 12.9. The van der Waals surface area contributed by atoms with Crippen LogP contribution in [0.25, 0.3) is 5.65 Å². The van der Waals surface area contributed by atoms with Crippen LogP contribution in [-0.2, 0) is 4.74 Å². The SMILES string of the molecule is FC(F)COc1cc(Br)cn2cc(C3CCOCC3)nc12.